The first-order valence-electron chi connectivity index (χ1n) is 13.1. The molecule has 1 aliphatic rings. The van der Waals surface area contributed by atoms with E-state index in [4.69, 9.17) is 9.47 Å². The minimum Gasteiger partial charge on any atom is -0.499 e. The van der Waals surface area contributed by atoms with Crippen molar-refractivity contribution in [3.05, 3.63) is 11.5 Å². The number of rotatable bonds is 21. The molecule has 0 bridgehead atoms. The van der Waals surface area contributed by atoms with Crippen LogP contribution in [0.1, 0.15) is 123 Å². The number of hydrogen-bond donors (Lipinski definition) is 3. The lowest BCUT2D eigenvalue weighted by molar-refractivity contribution is -0.166. The molecular formula is C26H48O6. The van der Waals surface area contributed by atoms with Crippen LogP contribution in [-0.2, 0) is 14.3 Å². The molecule has 0 spiro atoms. The van der Waals surface area contributed by atoms with E-state index < -0.39 is 30.0 Å². The summed E-state index contributed by atoms with van der Waals surface area (Å²) in [5, 5.41) is 30.3. The van der Waals surface area contributed by atoms with Crippen LogP contribution in [0.2, 0.25) is 0 Å². The van der Waals surface area contributed by atoms with E-state index in [-0.39, 0.29) is 5.76 Å². The lowest BCUT2D eigenvalue weighted by Gasteiger charge is -2.33. The fraction of sp³-hybridized carbons (Fsp3) is 0.885. The summed E-state index contributed by atoms with van der Waals surface area (Å²) in [5.74, 6) is -1.47. The number of aliphatic hydroxyl groups excluding tert-OH is 3. The van der Waals surface area contributed by atoms with E-state index in [9.17, 15) is 20.1 Å². The zero-order valence-corrected chi connectivity index (χ0v) is 20.6. The predicted molar refractivity (Wildman–Crippen MR) is 127 cm³/mol. The number of ether oxygens (including phenoxy) is 2. The Bertz CT molecular complexity index is 532. The van der Waals surface area contributed by atoms with Gasteiger partial charge in [0.15, 0.2) is 5.76 Å². The van der Waals surface area contributed by atoms with Crippen molar-refractivity contribution in [2.45, 2.75) is 135 Å². The summed E-state index contributed by atoms with van der Waals surface area (Å²) in [6.07, 6.45) is 17.2. The summed E-state index contributed by atoms with van der Waals surface area (Å²) < 4.78 is 11.2. The van der Waals surface area contributed by atoms with Crippen LogP contribution in [0.3, 0.4) is 0 Å². The standard InChI is InChI=1S/C26H48O6/c1-3-5-7-9-11-12-13-14-16-18-20-31-24-23(29)25(30)32-26(24,22(28)21-27)19-17-15-10-8-6-4-2/h22,27-29H,3-21H2,1-2H3/t22-,26+/m0/s1. The van der Waals surface area contributed by atoms with Gasteiger partial charge in [-0.1, -0.05) is 104 Å². The van der Waals surface area contributed by atoms with Crippen molar-refractivity contribution in [2.24, 2.45) is 0 Å². The van der Waals surface area contributed by atoms with Gasteiger partial charge in [-0.25, -0.2) is 4.79 Å². The van der Waals surface area contributed by atoms with Crippen molar-refractivity contribution in [1.29, 1.82) is 0 Å². The number of aliphatic hydroxyl groups is 3. The van der Waals surface area contributed by atoms with Crippen molar-refractivity contribution in [3.63, 3.8) is 0 Å². The summed E-state index contributed by atoms with van der Waals surface area (Å²) in [6, 6.07) is 0. The molecule has 0 aromatic rings. The van der Waals surface area contributed by atoms with Gasteiger partial charge in [0.1, 0.15) is 6.10 Å². The third-order valence-electron chi connectivity index (χ3n) is 6.42. The Labute approximate surface area is 195 Å². The monoisotopic (exact) mass is 456 g/mol. The van der Waals surface area contributed by atoms with Crippen LogP contribution in [-0.4, -0.2) is 46.2 Å². The van der Waals surface area contributed by atoms with Gasteiger partial charge in [0.2, 0.25) is 11.4 Å². The molecule has 0 aromatic heterocycles. The van der Waals surface area contributed by atoms with Gasteiger partial charge in [-0.05, 0) is 19.3 Å². The highest BCUT2D eigenvalue weighted by atomic mass is 16.6. The topological polar surface area (TPSA) is 96.2 Å². The van der Waals surface area contributed by atoms with E-state index in [0.717, 1.165) is 38.5 Å². The van der Waals surface area contributed by atoms with Crippen molar-refractivity contribution in [1.82, 2.24) is 0 Å². The number of hydrogen-bond acceptors (Lipinski definition) is 6. The van der Waals surface area contributed by atoms with Crippen molar-refractivity contribution < 1.29 is 29.6 Å². The first-order valence-corrected chi connectivity index (χ1v) is 13.1. The Morgan fingerprint density at radius 3 is 1.78 bits per heavy atom. The van der Waals surface area contributed by atoms with E-state index in [1.807, 2.05) is 0 Å². The quantitative estimate of drug-likeness (QED) is 0.143. The van der Waals surface area contributed by atoms with Crippen LogP contribution in [0, 0.1) is 0 Å². The molecule has 0 aliphatic carbocycles. The maximum atomic E-state index is 12.1. The molecule has 0 aromatic carbocycles. The van der Waals surface area contributed by atoms with E-state index in [2.05, 4.69) is 13.8 Å². The molecular weight excluding hydrogens is 408 g/mol. The number of cyclic esters (lactones) is 1. The minimum absolute atomic E-state index is 0.00599. The minimum atomic E-state index is -1.49. The van der Waals surface area contributed by atoms with E-state index in [1.165, 1.54) is 57.8 Å². The van der Waals surface area contributed by atoms with Gasteiger partial charge in [0.05, 0.1) is 13.2 Å². The number of unbranched alkanes of at least 4 members (excludes halogenated alkanes) is 14. The molecule has 0 radical (unpaired) electrons. The highest BCUT2D eigenvalue weighted by molar-refractivity contribution is 5.90. The normalized spacial score (nSPS) is 19.4. The summed E-state index contributed by atoms with van der Waals surface area (Å²) in [7, 11) is 0. The maximum Gasteiger partial charge on any atom is 0.378 e. The van der Waals surface area contributed by atoms with Crippen molar-refractivity contribution in [2.75, 3.05) is 13.2 Å². The molecule has 0 unspecified atom stereocenters. The SMILES string of the molecule is CCCCCCCCCCCCOC1=C(O)C(=O)O[C@]1(CCCCCCCC)[C@@H](O)CO. The number of carbonyl (C=O) groups excluding carboxylic acids is 1. The predicted octanol–water partition coefficient (Wildman–Crippen LogP) is 6.09. The number of esters is 1. The molecule has 0 fully saturated rings. The van der Waals surface area contributed by atoms with Gasteiger partial charge >= 0.3 is 5.97 Å². The lowest BCUT2D eigenvalue weighted by Crippen LogP contribution is -2.47. The zero-order chi connectivity index (χ0) is 23.7. The highest BCUT2D eigenvalue weighted by Crippen LogP contribution is 2.40. The van der Waals surface area contributed by atoms with Gasteiger partial charge in [0, 0.05) is 0 Å². The fourth-order valence-corrected chi connectivity index (χ4v) is 4.37. The van der Waals surface area contributed by atoms with E-state index in [0.29, 0.717) is 19.4 Å². The summed E-state index contributed by atoms with van der Waals surface area (Å²) in [6.45, 7) is 4.18. The second-order valence-corrected chi connectivity index (χ2v) is 9.20. The molecule has 6 heteroatoms. The summed E-state index contributed by atoms with van der Waals surface area (Å²) >= 11 is 0. The molecule has 0 saturated heterocycles. The van der Waals surface area contributed by atoms with Gasteiger partial charge in [-0.15, -0.1) is 0 Å². The van der Waals surface area contributed by atoms with Gasteiger partial charge in [0.25, 0.3) is 0 Å². The van der Waals surface area contributed by atoms with Crippen LogP contribution in [0.5, 0.6) is 0 Å². The Balaban J connectivity index is 2.45. The fourth-order valence-electron chi connectivity index (χ4n) is 4.37. The van der Waals surface area contributed by atoms with Crippen molar-refractivity contribution >= 4 is 5.97 Å². The molecule has 2 atom stereocenters. The van der Waals surface area contributed by atoms with Crippen molar-refractivity contribution in [3.8, 4) is 0 Å². The van der Waals surface area contributed by atoms with Crippen LogP contribution in [0.25, 0.3) is 0 Å². The van der Waals surface area contributed by atoms with Crippen LogP contribution < -0.4 is 0 Å². The zero-order valence-electron chi connectivity index (χ0n) is 20.6. The molecule has 0 saturated carbocycles. The van der Waals surface area contributed by atoms with Crippen LogP contribution in [0.15, 0.2) is 11.5 Å². The second kappa shape index (κ2) is 17.2. The van der Waals surface area contributed by atoms with Crippen LogP contribution in [0.4, 0.5) is 0 Å². The molecule has 1 rings (SSSR count). The largest absolute Gasteiger partial charge is 0.499 e. The smallest absolute Gasteiger partial charge is 0.378 e. The Morgan fingerprint density at radius 2 is 1.28 bits per heavy atom. The van der Waals surface area contributed by atoms with Gasteiger partial charge in [-0.3, -0.25) is 0 Å². The second-order valence-electron chi connectivity index (χ2n) is 9.20. The average Bonchev–Trinajstić information content (AvgIpc) is 3.04. The Hall–Kier alpha value is -1.27. The molecule has 1 heterocycles. The Kier molecular flexibility index (Phi) is 15.5. The molecule has 188 valence electrons. The average molecular weight is 457 g/mol. The molecule has 0 amide bonds. The van der Waals surface area contributed by atoms with E-state index in [1.54, 1.807) is 0 Å². The first-order chi connectivity index (χ1) is 15.5. The number of carbonyl (C=O) groups is 1. The molecule has 3 N–H and O–H groups in total. The molecule has 6 nitrogen and oxygen atoms in total. The molecule has 1 aliphatic heterocycles. The lowest BCUT2D eigenvalue weighted by atomic mass is 9.88. The summed E-state index contributed by atoms with van der Waals surface area (Å²) in [4.78, 5) is 12.1. The summed E-state index contributed by atoms with van der Waals surface area (Å²) in [5.41, 5.74) is -1.49. The third kappa shape index (κ3) is 9.70. The van der Waals surface area contributed by atoms with E-state index >= 15 is 0 Å². The third-order valence-corrected chi connectivity index (χ3v) is 6.42. The highest BCUT2D eigenvalue weighted by Gasteiger charge is 2.54. The Morgan fingerprint density at radius 1 is 0.812 bits per heavy atom. The maximum absolute atomic E-state index is 12.1. The first kappa shape index (κ1) is 28.8. The van der Waals surface area contributed by atoms with Gasteiger partial charge in [-0.2, -0.15) is 0 Å². The van der Waals surface area contributed by atoms with Crippen LogP contribution >= 0.6 is 0 Å². The molecule has 32 heavy (non-hydrogen) atoms. The van der Waals surface area contributed by atoms with Gasteiger partial charge < -0.3 is 24.8 Å².